The van der Waals surface area contributed by atoms with Gasteiger partial charge in [-0.1, -0.05) is 23.5 Å². The monoisotopic (exact) mass is 428 g/mol. The number of ether oxygens (including phenoxy) is 2. The molecule has 1 saturated heterocycles. The van der Waals surface area contributed by atoms with Gasteiger partial charge in [-0.15, -0.1) is 11.8 Å². The average molecular weight is 429 g/mol. The molecule has 0 N–H and O–H groups in total. The number of carbonyl (C=O) groups is 1. The Bertz CT molecular complexity index is 917. The molecule has 29 heavy (non-hydrogen) atoms. The minimum absolute atomic E-state index is 0.133. The molecule has 2 aromatic carbocycles. The summed E-state index contributed by atoms with van der Waals surface area (Å²) in [6, 6.07) is 16.0. The van der Waals surface area contributed by atoms with Crippen molar-refractivity contribution in [2.45, 2.75) is 30.3 Å². The molecule has 0 aliphatic carbocycles. The molecule has 1 aliphatic rings. The summed E-state index contributed by atoms with van der Waals surface area (Å²) in [5.41, 5.74) is 0.981. The fourth-order valence-corrected chi connectivity index (χ4v) is 5.08. The molecular weight excluding hydrogens is 404 g/mol. The Kier molecular flexibility index (Phi) is 6.56. The molecule has 2 heterocycles. The quantitative estimate of drug-likeness (QED) is 0.503. The fraction of sp³-hybridized carbons (Fsp3) is 0.364. The second kappa shape index (κ2) is 9.50. The van der Waals surface area contributed by atoms with Crippen molar-refractivity contribution < 1.29 is 14.3 Å². The van der Waals surface area contributed by atoms with Crippen LogP contribution in [0.25, 0.3) is 10.2 Å². The van der Waals surface area contributed by atoms with E-state index in [0.717, 1.165) is 57.7 Å². The molecular formula is C22H24N2O3S2. The fourth-order valence-electron chi connectivity index (χ4n) is 3.35. The van der Waals surface area contributed by atoms with Crippen LogP contribution in [0, 0.1) is 0 Å². The first-order valence-electron chi connectivity index (χ1n) is 9.78. The van der Waals surface area contributed by atoms with E-state index in [0.29, 0.717) is 6.42 Å². The van der Waals surface area contributed by atoms with Gasteiger partial charge in [-0.3, -0.25) is 4.79 Å². The van der Waals surface area contributed by atoms with Crippen molar-refractivity contribution in [1.82, 2.24) is 9.88 Å². The summed E-state index contributed by atoms with van der Waals surface area (Å²) in [4.78, 5) is 20.2. The topological polar surface area (TPSA) is 51.7 Å². The van der Waals surface area contributed by atoms with Crippen LogP contribution in [-0.4, -0.2) is 47.8 Å². The predicted octanol–water partition coefficient (Wildman–Crippen LogP) is 4.86. The zero-order valence-electron chi connectivity index (χ0n) is 16.4. The first-order valence-corrected chi connectivity index (χ1v) is 11.6. The molecule has 0 atom stereocenters. The maximum atomic E-state index is 12.5. The van der Waals surface area contributed by atoms with Crippen LogP contribution in [0.15, 0.2) is 53.4 Å². The summed E-state index contributed by atoms with van der Waals surface area (Å²) in [5.74, 6) is 1.86. The summed E-state index contributed by atoms with van der Waals surface area (Å²) < 4.78 is 12.4. The van der Waals surface area contributed by atoms with Crippen LogP contribution in [0.3, 0.4) is 0 Å². The number of nitrogens with zero attached hydrogens (tertiary/aromatic N) is 2. The molecule has 4 rings (SSSR count). The molecule has 3 aromatic rings. The van der Waals surface area contributed by atoms with Gasteiger partial charge >= 0.3 is 0 Å². The van der Waals surface area contributed by atoms with Crippen molar-refractivity contribution in [3.8, 4) is 10.9 Å². The van der Waals surface area contributed by atoms with Crippen LogP contribution in [-0.2, 0) is 4.79 Å². The lowest BCUT2D eigenvalue weighted by Gasteiger charge is -2.31. The Balaban J connectivity index is 1.20. The standard InChI is InChI=1S/C22H24N2O3S2/c1-26-16-6-8-18(9-7-16)28-15-12-21(25)24-13-10-17(11-14-24)27-22-23-19-4-2-3-5-20(19)29-22/h2-9,17H,10-15H2,1H3. The van der Waals surface area contributed by atoms with Crippen LogP contribution in [0.2, 0.25) is 0 Å². The van der Waals surface area contributed by atoms with E-state index in [1.54, 1.807) is 30.2 Å². The van der Waals surface area contributed by atoms with Gasteiger partial charge in [0, 0.05) is 43.0 Å². The summed E-state index contributed by atoms with van der Waals surface area (Å²) in [5, 5.41) is 0.729. The third-order valence-corrected chi connectivity index (χ3v) is 6.92. The van der Waals surface area contributed by atoms with Crippen molar-refractivity contribution in [3.63, 3.8) is 0 Å². The number of fused-ring (bicyclic) bond motifs is 1. The number of thioether (sulfide) groups is 1. The smallest absolute Gasteiger partial charge is 0.274 e. The van der Waals surface area contributed by atoms with E-state index in [9.17, 15) is 4.79 Å². The molecule has 1 aliphatic heterocycles. The Hall–Kier alpha value is -2.25. The Labute approximate surface area is 179 Å². The van der Waals surface area contributed by atoms with E-state index < -0.39 is 0 Å². The van der Waals surface area contributed by atoms with Gasteiger partial charge in [-0.2, -0.15) is 0 Å². The highest BCUT2D eigenvalue weighted by Crippen LogP contribution is 2.29. The first-order chi connectivity index (χ1) is 14.2. The number of hydrogen-bond donors (Lipinski definition) is 0. The summed E-state index contributed by atoms with van der Waals surface area (Å²) >= 11 is 3.29. The number of carbonyl (C=O) groups excluding carboxylic acids is 1. The predicted molar refractivity (Wildman–Crippen MR) is 118 cm³/mol. The van der Waals surface area contributed by atoms with Gasteiger partial charge in [0.25, 0.3) is 5.19 Å². The van der Waals surface area contributed by atoms with Crippen LogP contribution < -0.4 is 9.47 Å². The molecule has 0 radical (unpaired) electrons. The van der Waals surface area contributed by atoms with E-state index in [2.05, 4.69) is 11.1 Å². The number of benzene rings is 2. The number of likely N-dealkylation sites (tertiary alicyclic amines) is 1. The SMILES string of the molecule is COc1ccc(SCCC(=O)N2CCC(Oc3nc4ccccc4s3)CC2)cc1. The minimum atomic E-state index is 0.133. The van der Waals surface area contributed by atoms with Gasteiger partial charge in [-0.05, 0) is 36.4 Å². The largest absolute Gasteiger partial charge is 0.497 e. The average Bonchev–Trinajstić information content (AvgIpc) is 3.17. The molecule has 0 spiro atoms. The second-order valence-corrected chi connectivity index (χ2v) is 9.08. The van der Waals surface area contributed by atoms with Crippen LogP contribution in [0.5, 0.6) is 10.9 Å². The number of piperidine rings is 1. The molecule has 7 heteroatoms. The van der Waals surface area contributed by atoms with Gasteiger partial charge < -0.3 is 14.4 Å². The third kappa shape index (κ3) is 5.22. The number of amides is 1. The minimum Gasteiger partial charge on any atom is -0.497 e. The number of thiazole rings is 1. The number of hydrogen-bond acceptors (Lipinski definition) is 6. The molecule has 1 fully saturated rings. The van der Waals surface area contributed by atoms with Crippen LogP contribution >= 0.6 is 23.1 Å². The molecule has 1 amide bonds. The summed E-state index contributed by atoms with van der Waals surface area (Å²) in [6.45, 7) is 1.50. The molecule has 0 saturated carbocycles. The van der Waals surface area contributed by atoms with Gasteiger partial charge in [-0.25, -0.2) is 4.98 Å². The highest BCUT2D eigenvalue weighted by molar-refractivity contribution is 7.99. The van der Waals surface area contributed by atoms with Crippen molar-refractivity contribution in [2.75, 3.05) is 26.0 Å². The number of rotatable bonds is 7. The zero-order chi connectivity index (χ0) is 20.1. The molecule has 152 valence electrons. The van der Waals surface area contributed by atoms with E-state index in [1.807, 2.05) is 47.4 Å². The summed E-state index contributed by atoms with van der Waals surface area (Å²) in [7, 11) is 1.66. The Morgan fingerprint density at radius 1 is 1.17 bits per heavy atom. The normalized spacial score (nSPS) is 14.9. The van der Waals surface area contributed by atoms with Gasteiger partial charge in [0.1, 0.15) is 11.9 Å². The maximum Gasteiger partial charge on any atom is 0.274 e. The van der Waals surface area contributed by atoms with Crippen molar-refractivity contribution in [3.05, 3.63) is 48.5 Å². The lowest BCUT2D eigenvalue weighted by Crippen LogP contribution is -2.41. The molecule has 5 nitrogen and oxygen atoms in total. The summed E-state index contributed by atoms with van der Waals surface area (Å²) in [6.07, 6.45) is 2.40. The van der Waals surface area contributed by atoms with Crippen molar-refractivity contribution in [1.29, 1.82) is 0 Å². The van der Waals surface area contributed by atoms with Crippen LogP contribution in [0.4, 0.5) is 0 Å². The van der Waals surface area contributed by atoms with Gasteiger partial charge in [0.15, 0.2) is 0 Å². The lowest BCUT2D eigenvalue weighted by molar-refractivity contribution is -0.132. The van der Waals surface area contributed by atoms with Crippen molar-refractivity contribution in [2.24, 2.45) is 0 Å². The number of methoxy groups -OCH3 is 1. The number of aromatic nitrogens is 1. The van der Waals surface area contributed by atoms with Gasteiger partial charge in [0.2, 0.25) is 5.91 Å². The highest BCUT2D eigenvalue weighted by Gasteiger charge is 2.24. The third-order valence-electron chi connectivity index (χ3n) is 4.98. The van der Waals surface area contributed by atoms with E-state index in [-0.39, 0.29) is 12.0 Å². The van der Waals surface area contributed by atoms with Gasteiger partial charge in [0.05, 0.1) is 17.3 Å². The van der Waals surface area contributed by atoms with Crippen molar-refractivity contribution >= 4 is 39.2 Å². The van der Waals surface area contributed by atoms with Crippen LogP contribution in [0.1, 0.15) is 19.3 Å². The number of para-hydroxylation sites is 1. The van der Waals surface area contributed by atoms with E-state index >= 15 is 0 Å². The molecule has 1 aromatic heterocycles. The zero-order valence-corrected chi connectivity index (χ0v) is 18.0. The first kappa shape index (κ1) is 20.0. The van der Waals surface area contributed by atoms with E-state index in [4.69, 9.17) is 9.47 Å². The Morgan fingerprint density at radius 2 is 1.93 bits per heavy atom. The molecule has 0 bridgehead atoms. The Morgan fingerprint density at radius 3 is 2.66 bits per heavy atom. The second-order valence-electron chi connectivity index (χ2n) is 6.92. The molecule has 0 unspecified atom stereocenters. The lowest BCUT2D eigenvalue weighted by atomic mass is 10.1. The highest BCUT2D eigenvalue weighted by atomic mass is 32.2. The maximum absolute atomic E-state index is 12.5. The van der Waals surface area contributed by atoms with E-state index in [1.165, 1.54) is 0 Å².